The van der Waals surface area contributed by atoms with Crippen molar-refractivity contribution < 1.29 is 4.79 Å². The first-order chi connectivity index (χ1) is 9.25. The Labute approximate surface area is 115 Å². The predicted molar refractivity (Wildman–Crippen MR) is 76.8 cm³/mol. The number of halogens is 1. The number of nitrogens with one attached hydrogen (secondary N) is 1. The monoisotopic (exact) mass is 271 g/mol. The van der Waals surface area contributed by atoms with Crippen LogP contribution < -0.4 is 10.3 Å². The number of rotatable bonds is 1. The van der Waals surface area contributed by atoms with Crippen LogP contribution in [0.3, 0.4) is 0 Å². The van der Waals surface area contributed by atoms with Gasteiger partial charge in [-0.2, -0.15) is 5.10 Å². The Balaban J connectivity index is 2.07. The highest BCUT2D eigenvalue weighted by molar-refractivity contribution is 6.31. The van der Waals surface area contributed by atoms with Crippen LogP contribution in [0, 0.1) is 0 Å². The van der Waals surface area contributed by atoms with E-state index in [0.29, 0.717) is 16.3 Å². The van der Waals surface area contributed by atoms with Gasteiger partial charge < -0.3 is 0 Å². The van der Waals surface area contributed by atoms with Crippen molar-refractivity contribution in [3.63, 3.8) is 0 Å². The van der Waals surface area contributed by atoms with Crippen molar-refractivity contribution in [1.82, 2.24) is 0 Å². The Kier molecular flexibility index (Phi) is 2.93. The summed E-state index contributed by atoms with van der Waals surface area (Å²) < 4.78 is 0. The molecule has 0 aromatic heterocycles. The van der Waals surface area contributed by atoms with Crippen molar-refractivity contribution >= 4 is 35.2 Å². The van der Waals surface area contributed by atoms with E-state index in [1.807, 2.05) is 30.3 Å². The lowest BCUT2D eigenvalue weighted by Crippen LogP contribution is -2.28. The molecule has 0 atom stereocenters. The van der Waals surface area contributed by atoms with Crippen molar-refractivity contribution in [3.8, 4) is 0 Å². The maximum absolute atomic E-state index is 12.5. The molecule has 0 radical (unpaired) electrons. The van der Waals surface area contributed by atoms with Crippen molar-refractivity contribution in [2.75, 3.05) is 10.3 Å². The standard InChI is InChI=1S/C14H10ClN3O/c15-10-6-7-12-13(8-10)17-16-9-18(14(12)19)11-4-2-1-3-5-11/h1-9,17H. The first-order valence-corrected chi connectivity index (χ1v) is 6.11. The summed E-state index contributed by atoms with van der Waals surface area (Å²) >= 11 is 5.91. The van der Waals surface area contributed by atoms with Crippen molar-refractivity contribution in [2.24, 2.45) is 5.10 Å². The highest BCUT2D eigenvalue weighted by Gasteiger charge is 2.21. The van der Waals surface area contributed by atoms with Crippen LogP contribution in [0.2, 0.25) is 5.02 Å². The summed E-state index contributed by atoms with van der Waals surface area (Å²) in [6, 6.07) is 14.4. The average Bonchev–Trinajstić information content (AvgIpc) is 2.59. The van der Waals surface area contributed by atoms with Crippen LogP contribution in [0.1, 0.15) is 10.4 Å². The maximum atomic E-state index is 12.5. The first kappa shape index (κ1) is 11.7. The molecule has 1 amide bonds. The van der Waals surface area contributed by atoms with Crippen molar-refractivity contribution in [2.45, 2.75) is 0 Å². The van der Waals surface area contributed by atoms with Crippen LogP contribution >= 0.6 is 11.6 Å². The molecule has 5 heteroatoms. The molecule has 0 spiro atoms. The molecule has 4 nitrogen and oxygen atoms in total. The number of hydrogen-bond donors (Lipinski definition) is 1. The van der Waals surface area contributed by atoms with Crippen LogP contribution in [0.15, 0.2) is 53.6 Å². The number of carbonyl (C=O) groups excluding carboxylic acids is 1. The van der Waals surface area contributed by atoms with E-state index < -0.39 is 0 Å². The first-order valence-electron chi connectivity index (χ1n) is 5.73. The quantitative estimate of drug-likeness (QED) is 0.864. The topological polar surface area (TPSA) is 44.7 Å². The molecule has 0 bridgehead atoms. The summed E-state index contributed by atoms with van der Waals surface area (Å²) in [5, 5.41) is 4.59. The number of nitrogens with zero attached hydrogens (tertiary/aromatic N) is 2. The Bertz CT molecular complexity index is 655. The van der Waals surface area contributed by atoms with E-state index in [1.165, 1.54) is 11.2 Å². The molecule has 2 aromatic rings. The summed E-state index contributed by atoms with van der Waals surface area (Å²) in [5.41, 5.74) is 4.72. The van der Waals surface area contributed by atoms with E-state index in [9.17, 15) is 4.79 Å². The Morgan fingerprint density at radius 1 is 1.11 bits per heavy atom. The molecule has 0 unspecified atom stereocenters. The second-order valence-corrected chi connectivity index (χ2v) is 4.49. The third kappa shape index (κ3) is 2.18. The second-order valence-electron chi connectivity index (χ2n) is 4.06. The molecule has 0 saturated heterocycles. The van der Waals surface area contributed by atoms with Gasteiger partial charge in [-0.1, -0.05) is 29.8 Å². The molecule has 94 valence electrons. The van der Waals surface area contributed by atoms with Gasteiger partial charge in [-0.15, -0.1) is 0 Å². The van der Waals surface area contributed by atoms with Gasteiger partial charge in [0, 0.05) is 5.02 Å². The lowest BCUT2D eigenvalue weighted by molar-refractivity contribution is 0.100. The number of para-hydroxylation sites is 1. The molecule has 1 aliphatic rings. The highest BCUT2D eigenvalue weighted by Crippen LogP contribution is 2.26. The maximum Gasteiger partial charge on any atom is 0.265 e. The molecule has 3 rings (SSSR count). The van der Waals surface area contributed by atoms with Crippen molar-refractivity contribution in [1.29, 1.82) is 0 Å². The average molecular weight is 272 g/mol. The molecular formula is C14H10ClN3O. The summed E-state index contributed by atoms with van der Waals surface area (Å²) in [6.45, 7) is 0. The number of hydrazone groups is 1. The zero-order chi connectivity index (χ0) is 13.2. The van der Waals surface area contributed by atoms with E-state index in [0.717, 1.165) is 5.69 Å². The number of carbonyl (C=O) groups is 1. The van der Waals surface area contributed by atoms with Gasteiger partial charge in [0.1, 0.15) is 6.34 Å². The van der Waals surface area contributed by atoms with Gasteiger partial charge in [0.25, 0.3) is 5.91 Å². The Morgan fingerprint density at radius 3 is 2.68 bits per heavy atom. The van der Waals surface area contributed by atoms with E-state index in [4.69, 9.17) is 11.6 Å². The third-order valence-electron chi connectivity index (χ3n) is 2.82. The van der Waals surface area contributed by atoms with Gasteiger partial charge >= 0.3 is 0 Å². The largest absolute Gasteiger partial charge is 0.276 e. The van der Waals surface area contributed by atoms with Crippen molar-refractivity contribution in [3.05, 3.63) is 59.1 Å². The second kappa shape index (κ2) is 4.74. The molecule has 0 saturated carbocycles. The summed E-state index contributed by atoms with van der Waals surface area (Å²) in [5.74, 6) is -0.147. The van der Waals surface area contributed by atoms with Gasteiger partial charge in [-0.25, -0.2) is 0 Å². The zero-order valence-electron chi connectivity index (χ0n) is 9.88. The van der Waals surface area contributed by atoms with Crippen LogP contribution in [0.4, 0.5) is 11.4 Å². The fourth-order valence-electron chi connectivity index (χ4n) is 1.91. The lowest BCUT2D eigenvalue weighted by Gasteiger charge is -2.16. The van der Waals surface area contributed by atoms with Gasteiger partial charge in [0.2, 0.25) is 0 Å². The molecular weight excluding hydrogens is 262 g/mol. The molecule has 1 N–H and O–H groups in total. The normalized spacial score (nSPS) is 13.7. The minimum Gasteiger partial charge on any atom is -0.276 e. The van der Waals surface area contributed by atoms with Crippen LogP contribution in [0.5, 0.6) is 0 Å². The molecule has 1 aliphatic heterocycles. The molecule has 0 fully saturated rings. The van der Waals surface area contributed by atoms with Crippen LogP contribution in [0.25, 0.3) is 0 Å². The molecule has 2 aromatic carbocycles. The predicted octanol–water partition coefficient (Wildman–Crippen LogP) is 3.36. The third-order valence-corrected chi connectivity index (χ3v) is 3.06. The Morgan fingerprint density at radius 2 is 1.89 bits per heavy atom. The SMILES string of the molecule is O=C1c2ccc(Cl)cc2NN=CN1c1ccccc1. The van der Waals surface area contributed by atoms with Gasteiger partial charge in [0.15, 0.2) is 0 Å². The number of benzene rings is 2. The fourth-order valence-corrected chi connectivity index (χ4v) is 2.08. The lowest BCUT2D eigenvalue weighted by atomic mass is 10.1. The number of amides is 1. The smallest absolute Gasteiger partial charge is 0.265 e. The van der Waals surface area contributed by atoms with Gasteiger partial charge in [0.05, 0.1) is 16.9 Å². The summed E-state index contributed by atoms with van der Waals surface area (Å²) in [6.07, 6.45) is 1.46. The number of fused-ring (bicyclic) bond motifs is 1. The number of anilines is 2. The summed E-state index contributed by atoms with van der Waals surface area (Å²) in [4.78, 5) is 14.0. The summed E-state index contributed by atoms with van der Waals surface area (Å²) in [7, 11) is 0. The molecule has 1 heterocycles. The van der Waals surface area contributed by atoms with Gasteiger partial charge in [-0.3, -0.25) is 15.1 Å². The highest BCUT2D eigenvalue weighted by atomic mass is 35.5. The van der Waals surface area contributed by atoms with E-state index in [2.05, 4.69) is 10.5 Å². The van der Waals surface area contributed by atoms with E-state index in [1.54, 1.807) is 18.2 Å². The number of hydrogen-bond acceptors (Lipinski definition) is 3. The van der Waals surface area contributed by atoms with E-state index in [-0.39, 0.29) is 5.91 Å². The van der Waals surface area contributed by atoms with E-state index >= 15 is 0 Å². The fraction of sp³-hybridized carbons (Fsp3) is 0. The Hall–Kier alpha value is -2.33. The van der Waals surface area contributed by atoms with Crippen LogP contribution in [-0.4, -0.2) is 12.2 Å². The molecule has 19 heavy (non-hydrogen) atoms. The zero-order valence-corrected chi connectivity index (χ0v) is 10.6. The minimum absolute atomic E-state index is 0.147. The van der Waals surface area contributed by atoms with Gasteiger partial charge in [-0.05, 0) is 30.3 Å². The van der Waals surface area contributed by atoms with Crippen LogP contribution in [-0.2, 0) is 0 Å². The molecule has 0 aliphatic carbocycles. The minimum atomic E-state index is -0.147.